The molecule has 0 bridgehead atoms. The zero-order valence-corrected chi connectivity index (χ0v) is 13.6. The SMILES string of the molecule is Cn1ccnc1C(O)C1CCN(Cc2ccc(CO)cc2)CC1. The molecule has 0 spiro atoms. The first-order valence-electron chi connectivity index (χ1n) is 8.23. The summed E-state index contributed by atoms with van der Waals surface area (Å²) in [7, 11) is 1.93. The van der Waals surface area contributed by atoms with E-state index in [0.29, 0.717) is 0 Å². The van der Waals surface area contributed by atoms with Gasteiger partial charge in [-0.15, -0.1) is 0 Å². The molecule has 0 radical (unpaired) electrons. The monoisotopic (exact) mass is 315 g/mol. The Hall–Kier alpha value is -1.69. The third kappa shape index (κ3) is 3.80. The summed E-state index contributed by atoms with van der Waals surface area (Å²) in [5, 5.41) is 19.6. The number of hydrogen-bond donors (Lipinski definition) is 2. The fraction of sp³-hybridized carbons (Fsp3) is 0.500. The van der Waals surface area contributed by atoms with Crippen LogP contribution in [0, 0.1) is 5.92 Å². The number of likely N-dealkylation sites (tertiary alicyclic amines) is 1. The predicted octanol–water partition coefficient (Wildman–Crippen LogP) is 1.86. The number of rotatable bonds is 5. The van der Waals surface area contributed by atoms with E-state index >= 15 is 0 Å². The molecule has 2 N–H and O–H groups in total. The van der Waals surface area contributed by atoms with Gasteiger partial charge in [-0.25, -0.2) is 4.98 Å². The number of piperidine rings is 1. The lowest BCUT2D eigenvalue weighted by atomic mass is 9.90. The van der Waals surface area contributed by atoms with Gasteiger partial charge in [-0.3, -0.25) is 4.90 Å². The summed E-state index contributed by atoms with van der Waals surface area (Å²) in [6.45, 7) is 3.01. The first-order chi connectivity index (χ1) is 11.2. The van der Waals surface area contributed by atoms with Crippen LogP contribution in [0.1, 0.15) is 35.9 Å². The van der Waals surface area contributed by atoms with E-state index in [1.54, 1.807) is 6.20 Å². The molecular weight excluding hydrogens is 290 g/mol. The van der Waals surface area contributed by atoms with Gasteiger partial charge in [0.1, 0.15) is 11.9 Å². The van der Waals surface area contributed by atoms with Crippen LogP contribution in [0.4, 0.5) is 0 Å². The standard InChI is InChI=1S/C18H25N3O2/c1-20-11-8-19-18(20)17(23)16-6-9-21(10-7-16)12-14-2-4-15(13-22)5-3-14/h2-5,8,11,16-17,22-23H,6-7,9-10,12-13H2,1H3. The van der Waals surface area contributed by atoms with Gasteiger partial charge in [0.2, 0.25) is 0 Å². The highest BCUT2D eigenvalue weighted by molar-refractivity contribution is 5.21. The summed E-state index contributed by atoms with van der Waals surface area (Å²) >= 11 is 0. The highest BCUT2D eigenvalue weighted by Crippen LogP contribution is 2.30. The Balaban J connectivity index is 1.52. The third-order valence-corrected chi connectivity index (χ3v) is 4.81. The van der Waals surface area contributed by atoms with Gasteiger partial charge in [0.15, 0.2) is 0 Å². The summed E-state index contributed by atoms with van der Waals surface area (Å²) in [5.74, 6) is 1.05. The maximum atomic E-state index is 10.5. The summed E-state index contributed by atoms with van der Waals surface area (Å²) in [4.78, 5) is 6.70. The molecule has 1 aliphatic heterocycles. The van der Waals surface area contributed by atoms with Crippen molar-refractivity contribution in [2.45, 2.75) is 32.1 Å². The van der Waals surface area contributed by atoms with Crippen LogP contribution in [0.3, 0.4) is 0 Å². The van der Waals surface area contributed by atoms with Crippen LogP contribution < -0.4 is 0 Å². The van der Waals surface area contributed by atoms with Crippen LogP contribution in [0.25, 0.3) is 0 Å². The number of aryl methyl sites for hydroxylation is 1. The van der Waals surface area contributed by atoms with Crippen molar-refractivity contribution in [3.8, 4) is 0 Å². The van der Waals surface area contributed by atoms with Gasteiger partial charge in [-0.1, -0.05) is 24.3 Å². The minimum Gasteiger partial charge on any atom is -0.392 e. The molecule has 1 saturated heterocycles. The molecule has 23 heavy (non-hydrogen) atoms. The van der Waals surface area contributed by atoms with Crippen LogP contribution in [0.15, 0.2) is 36.7 Å². The van der Waals surface area contributed by atoms with Crippen molar-refractivity contribution in [3.63, 3.8) is 0 Å². The second-order valence-electron chi connectivity index (χ2n) is 6.43. The number of imidazole rings is 1. The van der Waals surface area contributed by atoms with Crippen molar-refractivity contribution in [1.29, 1.82) is 0 Å². The average Bonchev–Trinajstić information content (AvgIpc) is 3.02. The third-order valence-electron chi connectivity index (χ3n) is 4.81. The Kier molecular flexibility index (Phi) is 5.10. The number of hydrogen-bond acceptors (Lipinski definition) is 4. The van der Waals surface area contributed by atoms with Crippen molar-refractivity contribution in [2.75, 3.05) is 13.1 Å². The molecule has 1 aliphatic rings. The van der Waals surface area contributed by atoms with Crippen LogP contribution >= 0.6 is 0 Å². The lowest BCUT2D eigenvalue weighted by Crippen LogP contribution is -2.35. The Morgan fingerprint density at radius 2 is 1.83 bits per heavy atom. The Bertz CT molecular complexity index is 615. The lowest BCUT2D eigenvalue weighted by molar-refractivity contribution is 0.0492. The average molecular weight is 315 g/mol. The van der Waals surface area contributed by atoms with Crippen LogP contribution in [-0.2, 0) is 20.2 Å². The summed E-state index contributed by atoms with van der Waals surface area (Å²) in [6.07, 6.45) is 5.12. The molecule has 124 valence electrons. The van der Waals surface area contributed by atoms with E-state index in [1.807, 2.05) is 29.9 Å². The maximum Gasteiger partial charge on any atom is 0.137 e. The van der Waals surface area contributed by atoms with Crippen molar-refractivity contribution in [2.24, 2.45) is 13.0 Å². The Labute approximate surface area is 137 Å². The zero-order chi connectivity index (χ0) is 16.2. The molecule has 2 heterocycles. The fourth-order valence-corrected chi connectivity index (χ4v) is 3.31. The van der Waals surface area contributed by atoms with Crippen molar-refractivity contribution < 1.29 is 10.2 Å². The molecule has 1 aromatic heterocycles. The van der Waals surface area contributed by atoms with Crippen LogP contribution in [0.5, 0.6) is 0 Å². The van der Waals surface area contributed by atoms with Crippen molar-refractivity contribution in [1.82, 2.24) is 14.5 Å². The van der Waals surface area contributed by atoms with Gasteiger partial charge in [0, 0.05) is 26.0 Å². The van der Waals surface area contributed by atoms with E-state index in [-0.39, 0.29) is 12.5 Å². The Morgan fingerprint density at radius 3 is 2.39 bits per heavy atom. The minimum absolute atomic E-state index is 0.0940. The second kappa shape index (κ2) is 7.25. The molecular formula is C18H25N3O2. The first-order valence-corrected chi connectivity index (χ1v) is 8.23. The normalized spacial score (nSPS) is 18.2. The fourth-order valence-electron chi connectivity index (χ4n) is 3.31. The summed E-state index contributed by atoms with van der Waals surface area (Å²) in [5.41, 5.74) is 2.22. The predicted molar refractivity (Wildman–Crippen MR) is 88.5 cm³/mol. The highest BCUT2D eigenvalue weighted by atomic mass is 16.3. The second-order valence-corrected chi connectivity index (χ2v) is 6.43. The Morgan fingerprint density at radius 1 is 1.17 bits per heavy atom. The van der Waals surface area contributed by atoms with Gasteiger partial charge >= 0.3 is 0 Å². The molecule has 1 fully saturated rings. The quantitative estimate of drug-likeness (QED) is 0.884. The van der Waals surface area contributed by atoms with Gasteiger partial charge < -0.3 is 14.8 Å². The molecule has 1 aromatic carbocycles. The van der Waals surface area contributed by atoms with Gasteiger partial charge in [0.25, 0.3) is 0 Å². The van der Waals surface area contributed by atoms with E-state index < -0.39 is 6.10 Å². The summed E-state index contributed by atoms with van der Waals surface area (Å²) in [6, 6.07) is 8.13. The molecule has 2 aromatic rings. The molecule has 0 saturated carbocycles. The maximum absolute atomic E-state index is 10.5. The number of benzene rings is 1. The minimum atomic E-state index is -0.471. The highest BCUT2D eigenvalue weighted by Gasteiger charge is 2.28. The molecule has 1 unspecified atom stereocenters. The zero-order valence-electron chi connectivity index (χ0n) is 13.6. The van der Waals surface area contributed by atoms with E-state index in [0.717, 1.165) is 43.9 Å². The first kappa shape index (κ1) is 16.2. The van der Waals surface area contributed by atoms with E-state index in [2.05, 4.69) is 22.0 Å². The molecule has 3 rings (SSSR count). The van der Waals surface area contributed by atoms with Crippen LogP contribution in [-0.4, -0.2) is 37.8 Å². The van der Waals surface area contributed by atoms with E-state index in [1.165, 1.54) is 5.56 Å². The molecule has 1 atom stereocenters. The number of aromatic nitrogens is 2. The van der Waals surface area contributed by atoms with Crippen molar-refractivity contribution >= 4 is 0 Å². The van der Waals surface area contributed by atoms with Gasteiger partial charge in [0.05, 0.1) is 6.61 Å². The number of nitrogens with zero attached hydrogens (tertiary/aromatic N) is 3. The summed E-state index contributed by atoms with van der Waals surface area (Å²) < 4.78 is 1.90. The molecule has 0 amide bonds. The smallest absolute Gasteiger partial charge is 0.137 e. The number of aliphatic hydroxyl groups excluding tert-OH is 2. The molecule has 0 aliphatic carbocycles. The van der Waals surface area contributed by atoms with Crippen LogP contribution in [0.2, 0.25) is 0 Å². The largest absolute Gasteiger partial charge is 0.392 e. The van der Waals surface area contributed by atoms with Gasteiger partial charge in [-0.05, 0) is 43.0 Å². The van der Waals surface area contributed by atoms with E-state index in [9.17, 15) is 5.11 Å². The lowest BCUT2D eigenvalue weighted by Gasteiger charge is -2.34. The number of aliphatic hydroxyl groups is 2. The van der Waals surface area contributed by atoms with Crippen molar-refractivity contribution in [3.05, 3.63) is 53.6 Å². The molecule has 5 nitrogen and oxygen atoms in total. The van der Waals surface area contributed by atoms with E-state index in [4.69, 9.17) is 5.11 Å². The molecule has 5 heteroatoms. The topological polar surface area (TPSA) is 61.5 Å². The van der Waals surface area contributed by atoms with Gasteiger partial charge in [-0.2, -0.15) is 0 Å².